The van der Waals surface area contributed by atoms with Crippen molar-refractivity contribution in [3.05, 3.63) is 23.9 Å². The van der Waals surface area contributed by atoms with E-state index in [1.807, 2.05) is 13.0 Å². The van der Waals surface area contributed by atoms with Gasteiger partial charge >= 0.3 is 0 Å². The Morgan fingerprint density at radius 3 is 2.62 bits per heavy atom. The van der Waals surface area contributed by atoms with E-state index in [9.17, 15) is 8.42 Å². The Morgan fingerprint density at radius 1 is 1.33 bits per heavy atom. The molecule has 2 rings (SSSR count). The van der Waals surface area contributed by atoms with Crippen molar-refractivity contribution in [1.29, 1.82) is 0 Å². The second-order valence-electron chi connectivity index (χ2n) is 5.67. The maximum Gasteiger partial charge on any atom is 0.258 e. The summed E-state index contributed by atoms with van der Waals surface area (Å²) in [6, 6.07) is 4.04. The van der Waals surface area contributed by atoms with Crippen LogP contribution in [-0.2, 0) is 16.6 Å². The number of aromatic nitrogens is 1. The number of sulfonamides is 1. The highest BCUT2D eigenvalue weighted by Gasteiger charge is 2.21. The van der Waals surface area contributed by atoms with E-state index in [1.54, 1.807) is 12.3 Å². The van der Waals surface area contributed by atoms with Crippen LogP contribution in [0.3, 0.4) is 0 Å². The smallest absolute Gasteiger partial charge is 0.258 e. The van der Waals surface area contributed by atoms with Gasteiger partial charge in [-0.2, -0.15) is 0 Å². The van der Waals surface area contributed by atoms with Gasteiger partial charge in [0.1, 0.15) is 0 Å². The summed E-state index contributed by atoms with van der Waals surface area (Å²) in [4.78, 5) is 4.11. The molecule has 0 radical (unpaired) electrons. The standard InChI is InChI=1S/C15H25N3O2S/c1-3-5-13(4-2)18-21(19,20)15-9-6-12(11-17-15)10-16-14-7-8-14/h6,9,11,13-14,16,18H,3-5,7-8,10H2,1-2H3. The van der Waals surface area contributed by atoms with Gasteiger partial charge in [0.05, 0.1) is 0 Å². The van der Waals surface area contributed by atoms with Crippen LogP contribution in [0.2, 0.25) is 0 Å². The average Bonchev–Trinajstić information content (AvgIpc) is 3.29. The summed E-state index contributed by atoms with van der Waals surface area (Å²) in [6.45, 7) is 4.79. The van der Waals surface area contributed by atoms with Gasteiger partial charge in [-0.05, 0) is 37.3 Å². The molecule has 1 unspecified atom stereocenters. The highest BCUT2D eigenvalue weighted by molar-refractivity contribution is 7.89. The maximum atomic E-state index is 12.3. The molecule has 1 aliphatic rings. The molecule has 0 aromatic carbocycles. The van der Waals surface area contributed by atoms with Crippen molar-refractivity contribution < 1.29 is 8.42 Å². The lowest BCUT2D eigenvalue weighted by atomic mass is 10.1. The summed E-state index contributed by atoms with van der Waals surface area (Å²) in [5.41, 5.74) is 1.02. The molecule has 1 fully saturated rings. The van der Waals surface area contributed by atoms with Crippen molar-refractivity contribution in [1.82, 2.24) is 15.0 Å². The van der Waals surface area contributed by atoms with Crippen LogP contribution in [0, 0.1) is 0 Å². The Balaban J connectivity index is 1.98. The lowest BCUT2D eigenvalue weighted by Gasteiger charge is -2.15. The Hall–Kier alpha value is -0.980. The van der Waals surface area contributed by atoms with Gasteiger partial charge in [-0.25, -0.2) is 18.1 Å². The molecule has 1 saturated carbocycles. The number of hydrogen-bond acceptors (Lipinski definition) is 4. The minimum absolute atomic E-state index is 0.0157. The molecule has 6 heteroatoms. The van der Waals surface area contributed by atoms with Gasteiger partial charge in [0.2, 0.25) is 0 Å². The summed E-state index contributed by atoms with van der Waals surface area (Å²) in [5, 5.41) is 3.49. The lowest BCUT2D eigenvalue weighted by molar-refractivity contribution is 0.510. The largest absolute Gasteiger partial charge is 0.310 e. The van der Waals surface area contributed by atoms with Crippen molar-refractivity contribution in [2.45, 2.75) is 69.6 Å². The van der Waals surface area contributed by atoms with E-state index in [4.69, 9.17) is 0 Å². The Labute approximate surface area is 127 Å². The molecule has 1 atom stereocenters. The summed E-state index contributed by atoms with van der Waals surface area (Å²) in [5.74, 6) is 0. The van der Waals surface area contributed by atoms with Gasteiger partial charge in [-0.3, -0.25) is 0 Å². The highest BCUT2D eigenvalue weighted by Crippen LogP contribution is 2.19. The predicted molar refractivity (Wildman–Crippen MR) is 83.4 cm³/mol. The van der Waals surface area contributed by atoms with Gasteiger partial charge in [0, 0.05) is 24.8 Å². The number of rotatable bonds is 9. The number of nitrogens with zero attached hydrogens (tertiary/aromatic N) is 1. The lowest BCUT2D eigenvalue weighted by Crippen LogP contribution is -2.34. The number of pyridine rings is 1. The van der Waals surface area contributed by atoms with Crippen LogP contribution in [-0.4, -0.2) is 25.5 Å². The van der Waals surface area contributed by atoms with Gasteiger partial charge in [-0.15, -0.1) is 0 Å². The molecule has 1 heterocycles. The zero-order chi connectivity index (χ0) is 15.3. The van der Waals surface area contributed by atoms with Crippen molar-refractivity contribution in [3.8, 4) is 0 Å². The van der Waals surface area contributed by atoms with Crippen LogP contribution >= 0.6 is 0 Å². The third-order valence-corrected chi connectivity index (χ3v) is 5.13. The van der Waals surface area contributed by atoms with Crippen LogP contribution in [0.5, 0.6) is 0 Å². The molecular weight excluding hydrogens is 286 g/mol. The van der Waals surface area contributed by atoms with Crippen LogP contribution in [0.15, 0.2) is 23.4 Å². The minimum Gasteiger partial charge on any atom is -0.310 e. The van der Waals surface area contributed by atoms with E-state index < -0.39 is 10.0 Å². The molecule has 0 spiro atoms. The Kier molecular flexibility index (Phi) is 5.72. The zero-order valence-corrected chi connectivity index (χ0v) is 13.6. The SMILES string of the molecule is CCCC(CC)NS(=O)(=O)c1ccc(CNC2CC2)cn1. The third-order valence-electron chi connectivity index (χ3n) is 3.70. The van der Waals surface area contributed by atoms with Crippen molar-refractivity contribution >= 4 is 10.0 Å². The molecule has 0 amide bonds. The van der Waals surface area contributed by atoms with E-state index in [0.29, 0.717) is 6.04 Å². The van der Waals surface area contributed by atoms with E-state index in [0.717, 1.165) is 31.4 Å². The number of nitrogens with one attached hydrogen (secondary N) is 2. The zero-order valence-electron chi connectivity index (χ0n) is 12.8. The molecule has 118 valence electrons. The van der Waals surface area contributed by atoms with Crippen molar-refractivity contribution in [2.75, 3.05) is 0 Å². The molecule has 1 aromatic rings. The highest BCUT2D eigenvalue weighted by atomic mass is 32.2. The quantitative estimate of drug-likeness (QED) is 0.733. The monoisotopic (exact) mass is 311 g/mol. The third kappa shape index (κ3) is 5.05. The molecule has 0 bridgehead atoms. The van der Waals surface area contributed by atoms with E-state index in [1.165, 1.54) is 12.8 Å². The molecule has 21 heavy (non-hydrogen) atoms. The summed E-state index contributed by atoms with van der Waals surface area (Å²) >= 11 is 0. The molecule has 0 saturated heterocycles. The summed E-state index contributed by atoms with van der Waals surface area (Å²) < 4.78 is 27.3. The first-order valence-corrected chi connectivity index (χ1v) is 9.24. The van der Waals surface area contributed by atoms with Crippen LogP contribution in [0.25, 0.3) is 0 Å². The van der Waals surface area contributed by atoms with Crippen molar-refractivity contribution in [2.24, 2.45) is 0 Å². The topological polar surface area (TPSA) is 71.1 Å². The molecule has 5 nitrogen and oxygen atoms in total. The van der Waals surface area contributed by atoms with Crippen LogP contribution in [0.4, 0.5) is 0 Å². The summed E-state index contributed by atoms with van der Waals surface area (Å²) in [7, 11) is -3.51. The normalized spacial score (nSPS) is 16.9. The fourth-order valence-electron chi connectivity index (χ4n) is 2.20. The number of hydrogen-bond donors (Lipinski definition) is 2. The van der Waals surface area contributed by atoms with Crippen LogP contribution < -0.4 is 10.0 Å². The van der Waals surface area contributed by atoms with Gasteiger partial charge < -0.3 is 5.32 Å². The van der Waals surface area contributed by atoms with E-state index in [-0.39, 0.29) is 11.1 Å². The first kappa shape index (κ1) is 16.4. The molecular formula is C15H25N3O2S. The fourth-order valence-corrected chi connectivity index (χ4v) is 3.48. The molecule has 1 aromatic heterocycles. The Bertz CT molecular complexity index is 539. The minimum atomic E-state index is -3.51. The van der Waals surface area contributed by atoms with Gasteiger partial charge in [0.15, 0.2) is 5.03 Å². The first-order chi connectivity index (χ1) is 10.0. The maximum absolute atomic E-state index is 12.3. The summed E-state index contributed by atoms with van der Waals surface area (Å²) in [6.07, 6.45) is 6.71. The van der Waals surface area contributed by atoms with Gasteiger partial charge in [0.25, 0.3) is 10.0 Å². The Morgan fingerprint density at radius 2 is 2.10 bits per heavy atom. The molecule has 1 aliphatic carbocycles. The first-order valence-electron chi connectivity index (χ1n) is 7.75. The molecule has 0 aliphatic heterocycles. The second-order valence-corrected chi connectivity index (χ2v) is 7.34. The van der Waals surface area contributed by atoms with E-state index >= 15 is 0 Å². The molecule has 2 N–H and O–H groups in total. The van der Waals surface area contributed by atoms with Crippen LogP contribution in [0.1, 0.15) is 51.5 Å². The average molecular weight is 311 g/mol. The van der Waals surface area contributed by atoms with Gasteiger partial charge in [-0.1, -0.05) is 26.3 Å². The van der Waals surface area contributed by atoms with E-state index in [2.05, 4.69) is 21.9 Å². The fraction of sp³-hybridized carbons (Fsp3) is 0.667. The second kappa shape index (κ2) is 7.33. The predicted octanol–water partition coefficient (Wildman–Crippen LogP) is 2.19. The van der Waals surface area contributed by atoms with Crippen molar-refractivity contribution in [3.63, 3.8) is 0 Å².